The second-order valence-electron chi connectivity index (χ2n) is 1.86. The van der Waals surface area contributed by atoms with Gasteiger partial charge in [-0.15, -0.1) is 0 Å². The summed E-state index contributed by atoms with van der Waals surface area (Å²) in [4.78, 5) is 0. The minimum Gasteiger partial charge on any atom is -0.482 e. The number of benzene rings is 1. The summed E-state index contributed by atoms with van der Waals surface area (Å²) in [5.74, 6) is 0.833. The van der Waals surface area contributed by atoms with E-state index >= 15 is 0 Å². The lowest BCUT2D eigenvalue weighted by molar-refractivity contribution is 0.396. The second-order valence-corrected chi connectivity index (χ2v) is 2.32. The van der Waals surface area contributed by atoms with Gasteiger partial charge >= 0.3 is 0 Å². The zero-order chi connectivity index (χ0) is 7.40. The van der Waals surface area contributed by atoms with Crippen LogP contribution >= 0.6 is 15.9 Å². The predicted octanol–water partition coefficient (Wildman–Crippen LogP) is 2.60. The maximum absolute atomic E-state index is 5.19. The van der Waals surface area contributed by atoms with Gasteiger partial charge in [-0.1, -0.05) is 18.2 Å². The van der Waals surface area contributed by atoms with E-state index < -0.39 is 0 Å². The Balaban J connectivity index is 2.81. The number of rotatable bonds is 2. The van der Waals surface area contributed by atoms with Crippen LogP contribution < -0.4 is 4.74 Å². The van der Waals surface area contributed by atoms with E-state index in [1.54, 1.807) is 0 Å². The van der Waals surface area contributed by atoms with Crippen LogP contribution in [-0.2, 0) is 0 Å². The zero-order valence-electron chi connectivity index (χ0n) is 5.51. The second kappa shape index (κ2) is 3.62. The Kier molecular flexibility index (Phi) is 2.75. The van der Waals surface area contributed by atoms with Crippen molar-refractivity contribution in [2.75, 3.05) is 5.52 Å². The largest absolute Gasteiger partial charge is 0.482 e. The molecule has 1 radical (unpaired) electrons. The third-order valence-corrected chi connectivity index (χ3v) is 1.41. The van der Waals surface area contributed by atoms with Gasteiger partial charge in [-0.05, 0) is 34.5 Å². The van der Waals surface area contributed by atoms with Crippen LogP contribution in [0.4, 0.5) is 0 Å². The van der Waals surface area contributed by atoms with Crippen LogP contribution in [0.3, 0.4) is 0 Å². The van der Waals surface area contributed by atoms with Crippen molar-refractivity contribution in [2.45, 2.75) is 0 Å². The van der Waals surface area contributed by atoms with Crippen molar-refractivity contribution >= 4 is 15.9 Å². The van der Waals surface area contributed by atoms with E-state index in [4.69, 9.17) is 4.74 Å². The average molecular weight is 200 g/mol. The molecular weight excluding hydrogens is 192 g/mol. The number of alkyl halides is 1. The first-order valence-electron chi connectivity index (χ1n) is 2.94. The first kappa shape index (κ1) is 7.61. The third-order valence-electron chi connectivity index (χ3n) is 1.18. The molecule has 0 amide bonds. The van der Waals surface area contributed by atoms with Gasteiger partial charge in [0.2, 0.25) is 0 Å². The number of hydrogen-bond donors (Lipinski definition) is 0. The molecule has 0 aliphatic heterocycles. The molecule has 0 aliphatic carbocycles. The van der Waals surface area contributed by atoms with Crippen molar-refractivity contribution < 1.29 is 4.74 Å². The Morgan fingerprint density at radius 1 is 1.40 bits per heavy atom. The summed E-state index contributed by atoms with van der Waals surface area (Å²) in [5.41, 5.74) is 1.43. The lowest BCUT2D eigenvalue weighted by atomic mass is 10.2. The maximum atomic E-state index is 5.19. The number of ether oxygens (including phenoxy) is 1. The molecule has 0 unspecified atom stereocenters. The molecule has 0 N–H and O–H groups in total. The Morgan fingerprint density at radius 2 is 2.10 bits per heavy atom. The first-order valence-corrected chi connectivity index (χ1v) is 4.06. The maximum Gasteiger partial charge on any atom is 0.143 e. The molecule has 0 saturated heterocycles. The van der Waals surface area contributed by atoms with Crippen LogP contribution in [0.2, 0.25) is 0 Å². The average Bonchev–Trinajstić information content (AvgIpc) is 1.94. The Labute approximate surface area is 69.1 Å². The minimum absolute atomic E-state index is 0.513. The molecule has 1 nitrogen and oxygen atoms in total. The van der Waals surface area contributed by atoms with Crippen molar-refractivity contribution in [3.8, 4) is 5.75 Å². The van der Waals surface area contributed by atoms with Gasteiger partial charge < -0.3 is 4.74 Å². The third kappa shape index (κ3) is 1.74. The quantitative estimate of drug-likeness (QED) is 0.666. The van der Waals surface area contributed by atoms with Gasteiger partial charge in [-0.3, -0.25) is 0 Å². The van der Waals surface area contributed by atoms with Gasteiger partial charge in [0.1, 0.15) is 11.3 Å². The van der Waals surface area contributed by atoms with Crippen molar-refractivity contribution in [3.05, 3.63) is 36.8 Å². The molecule has 1 aromatic carbocycles. The number of hydrogen-bond acceptors (Lipinski definition) is 1. The normalized spacial score (nSPS) is 9.40. The molecule has 0 spiro atoms. The molecule has 0 aromatic heterocycles. The molecule has 0 fully saturated rings. The van der Waals surface area contributed by atoms with Crippen molar-refractivity contribution in [3.63, 3.8) is 0 Å². The van der Waals surface area contributed by atoms with E-state index in [9.17, 15) is 0 Å². The van der Waals surface area contributed by atoms with Crippen LogP contribution in [0.5, 0.6) is 5.75 Å². The van der Waals surface area contributed by atoms with Crippen LogP contribution in [0.25, 0.3) is 0 Å². The SMILES string of the molecule is [CH2]c1ccccc1OCBr. The van der Waals surface area contributed by atoms with E-state index in [2.05, 4.69) is 22.9 Å². The zero-order valence-corrected chi connectivity index (χ0v) is 7.10. The number of para-hydroxylation sites is 1. The molecule has 10 heavy (non-hydrogen) atoms. The Bertz CT molecular complexity index is 210. The molecule has 0 bridgehead atoms. The molecule has 1 aromatic rings. The van der Waals surface area contributed by atoms with Crippen LogP contribution in [0.1, 0.15) is 5.56 Å². The molecule has 0 atom stereocenters. The van der Waals surface area contributed by atoms with Gasteiger partial charge in [-0.25, -0.2) is 0 Å². The summed E-state index contributed by atoms with van der Waals surface area (Å²) in [7, 11) is 0. The predicted molar refractivity (Wildman–Crippen MR) is 45.3 cm³/mol. The van der Waals surface area contributed by atoms with Gasteiger partial charge in [0.05, 0.1) is 0 Å². The highest BCUT2D eigenvalue weighted by Crippen LogP contribution is 2.16. The smallest absolute Gasteiger partial charge is 0.143 e. The van der Waals surface area contributed by atoms with Crippen molar-refractivity contribution in [1.29, 1.82) is 0 Å². The van der Waals surface area contributed by atoms with Crippen molar-refractivity contribution in [1.82, 2.24) is 0 Å². The summed E-state index contributed by atoms with van der Waals surface area (Å²) >= 11 is 3.17. The molecule has 53 valence electrons. The molecule has 0 saturated carbocycles. The fourth-order valence-corrected chi connectivity index (χ4v) is 0.950. The highest BCUT2D eigenvalue weighted by Gasteiger charge is 1.93. The lowest BCUT2D eigenvalue weighted by Gasteiger charge is -2.03. The van der Waals surface area contributed by atoms with Gasteiger partial charge in [-0.2, -0.15) is 0 Å². The summed E-state index contributed by atoms with van der Waals surface area (Å²) in [6.45, 7) is 3.79. The molecular formula is C8H8BrO. The van der Waals surface area contributed by atoms with E-state index in [-0.39, 0.29) is 0 Å². The van der Waals surface area contributed by atoms with Crippen LogP contribution in [0, 0.1) is 6.92 Å². The van der Waals surface area contributed by atoms with E-state index in [0.29, 0.717) is 5.52 Å². The topological polar surface area (TPSA) is 9.23 Å². The van der Waals surface area contributed by atoms with E-state index in [1.807, 2.05) is 24.3 Å². The van der Waals surface area contributed by atoms with Crippen LogP contribution in [0.15, 0.2) is 24.3 Å². The van der Waals surface area contributed by atoms with Gasteiger partial charge in [0.15, 0.2) is 0 Å². The minimum atomic E-state index is 0.513. The monoisotopic (exact) mass is 199 g/mol. The van der Waals surface area contributed by atoms with Crippen molar-refractivity contribution in [2.24, 2.45) is 0 Å². The highest BCUT2D eigenvalue weighted by molar-refractivity contribution is 9.09. The fourth-order valence-electron chi connectivity index (χ4n) is 0.703. The lowest BCUT2D eigenvalue weighted by Crippen LogP contribution is -1.89. The molecule has 1 rings (SSSR count). The van der Waals surface area contributed by atoms with Gasteiger partial charge in [0, 0.05) is 0 Å². The molecule has 2 heteroatoms. The Hall–Kier alpha value is -0.500. The Morgan fingerprint density at radius 3 is 2.70 bits per heavy atom. The van der Waals surface area contributed by atoms with E-state index in [1.165, 1.54) is 0 Å². The van der Waals surface area contributed by atoms with E-state index in [0.717, 1.165) is 11.3 Å². The molecule has 0 heterocycles. The summed E-state index contributed by atoms with van der Waals surface area (Å²) < 4.78 is 5.19. The molecule has 0 aliphatic rings. The number of halogens is 1. The summed E-state index contributed by atoms with van der Waals surface area (Å²) in [6, 6.07) is 7.66. The van der Waals surface area contributed by atoms with Gasteiger partial charge in [0.25, 0.3) is 0 Å². The van der Waals surface area contributed by atoms with Crippen LogP contribution in [-0.4, -0.2) is 5.52 Å². The first-order chi connectivity index (χ1) is 4.84. The standard InChI is InChI=1S/C8H8BrO/c1-7-4-2-3-5-8(7)10-6-9/h2-5H,1,6H2. The fraction of sp³-hybridized carbons (Fsp3) is 0.125. The summed E-state index contributed by atoms with van der Waals surface area (Å²) in [6.07, 6.45) is 0. The highest BCUT2D eigenvalue weighted by atomic mass is 79.9. The summed E-state index contributed by atoms with van der Waals surface area (Å²) in [5, 5.41) is 0.